The van der Waals surface area contributed by atoms with Gasteiger partial charge in [-0.05, 0) is 17.5 Å². The highest BCUT2D eigenvalue weighted by Gasteiger charge is 2.08. The topological polar surface area (TPSA) is 63.8 Å². The summed E-state index contributed by atoms with van der Waals surface area (Å²) in [6.07, 6.45) is 1.57. The molecule has 0 saturated carbocycles. The zero-order valence-electron chi connectivity index (χ0n) is 7.00. The Morgan fingerprint density at radius 3 is 2.75 bits per heavy atom. The second-order valence-corrected chi connectivity index (χ2v) is 3.08. The van der Waals surface area contributed by atoms with E-state index in [0.717, 1.165) is 11.4 Å². The molecule has 0 saturated heterocycles. The van der Waals surface area contributed by atoms with E-state index in [0.29, 0.717) is 0 Å². The predicted octanol–water partition coefficient (Wildman–Crippen LogP) is 1.54. The van der Waals surface area contributed by atoms with Crippen molar-refractivity contribution in [3.63, 3.8) is 0 Å². The Kier molecular flexibility index (Phi) is 2.83. The molecule has 0 fully saturated rings. The van der Waals surface area contributed by atoms with Gasteiger partial charge < -0.3 is 5.43 Å². The molecule has 0 bridgehead atoms. The predicted molar refractivity (Wildman–Crippen MR) is 48.9 cm³/mol. The number of halogens is 1. The van der Waals surface area contributed by atoms with Gasteiger partial charge in [0.15, 0.2) is 0 Å². The summed E-state index contributed by atoms with van der Waals surface area (Å²) >= 11 is 5.63. The summed E-state index contributed by atoms with van der Waals surface area (Å²) in [5.74, 6) is 5.54. The highest BCUT2D eigenvalue weighted by Crippen LogP contribution is 2.21. The number of hydrogen-bond acceptors (Lipinski definition) is 4. The third-order valence-electron chi connectivity index (χ3n) is 1.49. The third-order valence-corrected chi connectivity index (χ3v) is 1.67. The first-order chi connectivity index (χ1) is 5.65. The largest absolute Gasteiger partial charge is 0.321 e. The minimum Gasteiger partial charge on any atom is -0.321 e. The van der Waals surface area contributed by atoms with Crippen molar-refractivity contribution in [2.45, 2.75) is 19.8 Å². The lowest BCUT2D eigenvalue weighted by Crippen LogP contribution is -2.11. The summed E-state index contributed by atoms with van der Waals surface area (Å²) < 4.78 is 0. The summed E-state index contributed by atoms with van der Waals surface area (Å²) in [4.78, 5) is 7.86. The van der Waals surface area contributed by atoms with Crippen LogP contribution in [-0.2, 0) is 0 Å². The molecule has 0 aliphatic heterocycles. The van der Waals surface area contributed by atoms with Crippen LogP contribution >= 0.6 is 11.6 Å². The van der Waals surface area contributed by atoms with Crippen LogP contribution in [0, 0.1) is 0 Å². The maximum atomic E-state index is 5.63. The van der Waals surface area contributed by atoms with Crippen molar-refractivity contribution in [1.29, 1.82) is 0 Å². The molecule has 1 heterocycles. The summed E-state index contributed by atoms with van der Waals surface area (Å²) in [6.45, 7) is 4.03. The number of rotatable bonds is 2. The second-order valence-electron chi connectivity index (χ2n) is 2.74. The van der Waals surface area contributed by atoms with Gasteiger partial charge in [0.1, 0.15) is 0 Å². The highest BCUT2D eigenvalue weighted by molar-refractivity contribution is 6.28. The average Bonchev–Trinajstić information content (AvgIpc) is 2.04. The van der Waals surface area contributed by atoms with Crippen LogP contribution < -0.4 is 11.3 Å². The minimum absolute atomic E-state index is 0.248. The lowest BCUT2D eigenvalue weighted by atomic mass is 10.1. The Bertz CT molecular complexity index is 274. The molecule has 5 heteroatoms. The van der Waals surface area contributed by atoms with Gasteiger partial charge in [-0.1, -0.05) is 13.8 Å². The van der Waals surface area contributed by atoms with Crippen molar-refractivity contribution in [3.8, 4) is 0 Å². The van der Waals surface area contributed by atoms with Gasteiger partial charge >= 0.3 is 0 Å². The fourth-order valence-corrected chi connectivity index (χ4v) is 1.06. The van der Waals surface area contributed by atoms with Crippen molar-refractivity contribution >= 4 is 17.3 Å². The monoisotopic (exact) mass is 186 g/mol. The van der Waals surface area contributed by atoms with E-state index in [4.69, 9.17) is 17.4 Å². The Morgan fingerprint density at radius 2 is 2.25 bits per heavy atom. The van der Waals surface area contributed by atoms with Gasteiger partial charge in [0.2, 0.25) is 5.28 Å². The average molecular weight is 187 g/mol. The molecule has 0 radical (unpaired) electrons. The van der Waals surface area contributed by atoms with Crippen molar-refractivity contribution < 1.29 is 0 Å². The van der Waals surface area contributed by atoms with Gasteiger partial charge in [0.05, 0.1) is 17.6 Å². The fourth-order valence-electron chi connectivity index (χ4n) is 0.924. The van der Waals surface area contributed by atoms with Gasteiger partial charge in [-0.25, -0.2) is 9.97 Å². The highest BCUT2D eigenvalue weighted by atomic mass is 35.5. The quantitative estimate of drug-likeness (QED) is 0.418. The maximum absolute atomic E-state index is 5.63. The molecule has 0 aromatic carbocycles. The smallest absolute Gasteiger partial charge is 0.222 e. The molecular formula is C7H11ClN4. The Morgan fingerprint density at radius 1 is 1.58 bits per heavy atom. The van der Waals surface area contributed by atoms with E-state index in [9.17, 15) is 0 Å². The SMILES string of the molecule is CC(C)c1nc(Cl)ncc1NN. The van der Waals surface area contributed by atoms with Crippen LogP contribution in [0.3, 0.4) is 0 Å². The van der Waals surface area contributed by atoms with E-state index < -0.39 is 0 Å². The first-order valence-corrected chi connectivity index (χ1v) is 4.02. The molecule has 4 nitrogen and oxygen atoms in total. The third kappa shape index (κ3) is 1.84. The molecule has 0 spiro atoms. The Balaban J connectivity index is 3.12. The van der Waals surface area contributed by atoms with E-state index in [1.165, 1.54) is 0 Å². The van der Waals surface area contributed by atoms with Crippen LogP contribution in [0.15, 0.2) is 6.20 Å². The number of nitrogen functional groups attached to an aromatic ring is 1. The van der Waals surface area contributed by atoms with Gasteiger partial charge in [-0.15, -0.1) is 0 Å². The fraction of sp³-hybridized carbons (Fsp3) is 0.429. The molecule has 66 valence electrons. The van der Waals surface area contributed by atoms with E-state index in [2.05, 4.69) is 15.4 Å². The Labute approximate surface area is 76.1 Å². The summed E-state index contributed by atoms with van der Waals surface area (Å²) in [5, 5.41) is 0.248. The Hall–Kier alpha value is -0.870. The molecular weight excluding hydrogens is 176 g/mol. The minimum atomic E-state index is 0.248. The zero-order valence-corrected chi connectivity index (χ0v) is 7.76. The first-order valence-electron chi connectivity index (χ1n) is 3.64. The molecule has 1 rings (SSSR count). The molecule has 0 unspecified atom stereocenters. The van der Waals surface area contributed by atoms with Gasteiger partial charge in [0, 0.05) is 0 Å². The molecule has 0 aliphatic rings. The van der Waals surface area contributed by atoms with Crippen LogP contribution in [0.4, 0.5) is 5.69 Å². The van der Waals surface area contributed by atoms with Crippen molar-refractivity contribution in [3.05, 3.63) is 17.2 Å². The van der Waals surface area contributed by atoms with Crippen LogP contribution in [0.2, 0.25) is 5.28 Å². The van der Waals surface area contributed by atoms with E-state index in [-0.39, 0.29) is 11.2 Å². The van der Waals surface area contributed by atoms with Gasteiger partial charge in [0.25, 0.3) is 0 Å². The van der Waals surface area contributed by atoms with Crippen molar-refractivity contribution in [1.82, 2.24) is 9.97 Å². The lowest BCUT2D eigenvalue weighted by Gasteiger charge is -2.09. The zero-order chi connectivity index (χ0) is 9.14. The summed E-state index contributed by atoms with van der Waals surface area (Å²) in [7, 11) is 0. The number of hydrogen-bond donors (Lipinski definition) is 2. The van der Waals surface area contributed by atoms with Crippen LogP contribution in [0.1, 0.15) is 25.5 Å². The number of nitrogens with zero attached hydrogens (tertiary/aromatic N) is 2. The van der Waals surface area contributed by atoms with E-state index >= 15 is 0 Å². The molecule has 1 aromatic rings. The van der Waals surface area contributed by atoms with Crippen LogP contribution in [-0.4, -0.2) is 9.97 Å². The number of aromatic nitrogens is 2. The van der Waals surface area contributed by atoms with Gasteiger partial charge in [-0.3, -0.25) is 5.84 Å². The molecule has 0 amide bonds. The molecule has 0 aliphatic carbocycles. The number of nitrogens with two attached hydrogens (primary N) is 1. The summed E-state index contributed by atoms with van der Waals surface area (Å²) in [6, 6.07) is 0. The lowest BCUT2D eigenvalue weighted by molar-refractivity contribution is 0.815. The normalized spacial score (nSPS) is 10.4. The maximum Gasteiger partial charge on any atom is 0.222 e. The summed E-state index contributed by atoms with van der Waals surface area (Å²) in [5.41, 5.74) is 4.07. The van der Waals surface area contributed by atoms with Crippen LogP contribution in [0.5, 0.6) is 0 Å². The standard InChI is InChI=1S/C7H11ClN4/c1-4(2)6-5(12-9)3-10-7(8)11-6/h3-4,12H,9H2,1-2H3. The molecule has 3 N–H and O–H groups in total. The number of anilines is 1. The van der Waals surface area contributed by atoms with Gasteiger partial charge in [-0.2, -0.15) is 0 Å². The number of nitrogens with one attached hydrogen (secondary N) is 1. The first kappa shape index (κ1) is 9.22. The van der Waals surface area contributed by atoms with E-state index in [1.54, 1.807) is 6.20 Å². The van der Waals surface area contributed by atoms with Crippen molar-refractivity contribution in [2.24, 2.45) is 5.84 Å². The second kappa shape index (κ2) is 3.69. The van der Waals surface area contributed by atoms with Crippen LogP contribution in [0.25, 0.3) is 0 Å². The number of hydrazine groups is 1. The molecule has 12 heavy (non-hydrogen) atoms. The van der Waals surface area contributed by atoms with Crippen molar-refractivity contribution in [2.75, 3.05) is 5.43 Å². The molecule has 1 aromatic heterocycles. The molecule has 0 atom stereocenters. The van der Waals surface area contributed by atoms with E-state index in [1.807, 2.05) is 13.8 Å².